The van der Waals surface area contributed by atoms with Gasteiger partial charge in [0.2, 0.25) is 0 Å². The van der Waals surface area contributed by atoms with Gasteiger partial charge in [0.05, 0.1) is 0 Å². The van der Waals surface area contributed by atoms with Crippen molar-refractivity contribution in [3.8, 4) is 0 Å². The van der Waals surface area contributed by atoms with Crippen molar-refractivity contribution in [1.29, 1.82) is 0 Å². The highest BCUT2D eigenvalue weighted by molar-refractivity contribution is 7.09. The van der Waals surface area contributed by atoms with Crippen LogP contribution in [0.3, 0.4) is 0 Å². The van der Waals surface area contributed by atoms with E-state index in [4.69, 9.17) is 0 Å². The molecule has 2 rings (SSSR count). The van der Waals surface area contributed by atoms with E-state index in [0.29, 0.717) is 0 Å². The first-order valence-corrected chi connectivity index (χ1v) is 6.51. The van der Waals surface area contributed by atoms with Gasteiger partial charge in [0.1, 0.15) is 0 Å². The van der Waals surface area contributed by atoms with Crippen LogP contribution in [0.15, 0.2) is 41.8 Å². The van der Waals surface area contributed by atoms with E-state index < -0.39 is 0 Å². The van der Waals surface area contributed by atoms with E-state index in [0.717, 1.165) is 17.9 Å². The maximum atomic E-state index is 11.1. The molecule has 1 aromatic heterocycles. The van der Waals surface area contributed by atoms with Gasteiger partial charge in [0.25, 0.3) is 0 Å². The van der Waals surface area contributed by atoms with Gasteiger partial charge in [-0.1, -0.05) is 6.07 Å². The Hall–Kier alpha value is -2.01. The molecule has 4 nitrogen and oxygen atoms in total. The third-order valence-corrected chi connectivity index (χ3v) is 3.29. The second-order valence-electron chi connectivity index (χ2n) is 3.71. The van der Waals surface area contributed by atoms with Crippen LogP contribution in [-0.2, 0) is 6.54 Å². The van der Waals surface area contributed by atoms with E-state index >= 15 is 0 Å². The first kappa shape index (κ1) is 12.4. The van der Waals surface area contributed by atoms with Crippen LogP contribution < -0.4 is 16.0 Å². The Morgan fingerprint density at radius 2 is 1.89 bits per heavy atom. The number of carbonyl (C=O) groups excluding carboxylic acids is 1. The Morgan fingerprint density at radius 3 is 2.50 bits per heavy atom. The predicted molar refractivity (Wildman–Crippen MR) is 76.2 cm³/mol. The van der Waals surface area contributed by atoms with Crippen LogP contribution in [0, 0.1) is 0 Å². The van der Waals surface area contributed by atoms with Crippen LogP contribution in [0.4, 0.5) is 16.2 Å². The molecule has 0 unspecified atom stereocenters. The molecule has 0 spiro atoms. The summed E-state index contributed by atoms with van der Waals surface area (Å²) in [4.78, 5) is 12.4. The number of amides is 2. The number of benzene rings is 1. The fourth-order valence-corrected chi connectivity index (χ4v) is 2.11. The van der Waals surface area contributed by atoms with Crippen LogP contribution in [0.1, 0.15) is 4.88 Å². The molecule has 0 atom stereocenters. The molecule has 0 radical (unpaired) electrons. The van der Waals surface area contributed by atoms with Gasteiger partial charge >= 0.3 is 6.03 Å². The lowest BCUT2D eigenvalue weighted by Crippen LogP contribution is -2.24. The van der Waals surface area contributed by atoms with Crippen molar-refractivity contribution < 1.29 is 4.79 Å². The Kier molecular flexibility index (Phi) is 4.20. The average molecular weight is 261 g/mol. The van der Waals surface area contributed by atoms with E-state index in [1.54, 1.807) is 18.4 Å². The zero-order valence-corrected chi connectivity index (χ0v) is 10.9. The highest BCUT2D eigenvalue weighted by Crippen LogP contribution is 2.16. The number of hydrogen-bond donors (Lipinski definition) is 3. The lowest BCUT2D eigenvalue weighted by Gasteiger charge is -2.07. The molecule has 0 bridgehead atoms. The summed E-state index contributed by atoms with van der Waals surface area (Å²) in [6.45, 7) is 0.819. The number of rotatable bonds is 4. The summed E-state index contributed by atoms with van der Waals surface area (Å²) in [6.07, 6.45) is 0. The summed E-state index contributed by atoms with van der Waals surface area (Å²) in [5.41, 5.74) is 1.81. The molecule has 0 fully saturated rings. The first-order valence-electron chi connectivity index (χ1n) is 5.63. The van der Waals surface area contributed by atoms with Crippen LogP contribution in [0.2, 0.25) is 0 Å². The standard InChI is InChI=1S/C13H15N3OS/c1-14-13(17)16-11-6-4-10(5-7-11)15-9-12-3-2-8-18-12/h2-8,15H,9H2,1H3,(H2,14,16,17). The molecular weight excluding hydrogens is 246 g/mol. The Labute approximate surface area is 110 Å². The summed E-state index contributed by atoms with van der Waals surface area (Å²) in [5.74, 6) is 0. The van der Waals surface area contributed by atoms with Gasteiger partial charge in [-0.15, -0.1) is 11.3 Å². The number of anilines is 2. The number of hydrogen-bond acceptors (Lipinski definition) is 3. The molecule has 0 aliphatic rings. The third kappa shape index (κ3) is 3.49. The minimum Gasteiger partial charge on any atom is -0.380 e. The smallest absolute Gasteiger partial charge is 0.318 e. The summed E-state index contributed by atoms with van der Waals surface area (Å²) in [5, 5.41) is 10.6. The minimum atomic E-state index is -0.214. The van der Waals surface area contributed by atoms with E-state index in [1.807, 2.05) is 30.3 Å². The topological polar surface area (TPSA) is 53.2 Å². The van der Waals surface area contributed by atoms with Gasteiger partial charge in [-0.05, 0) is 35.7 Å². The van der Waals surface area contributed by atoms with Gasteiger partial charge in [-0.2, -0.15) is 0 Å². The molecule has 0 saturated carbocycles. The Balaban J connectivity index is 1.89. The zero-order valence-electron chi connectivity index (χ0n) is 10.1. The van der Waals surface area contributed by atoms with Crippen molar-refractivity contribution >= 4 is 28.7 Å². The normalized spacial score (nSPS) is 9.83. The summed E-state index contributed by atoms with van der Waals surface area (Å²) >= 11 is 1.73. The number of urea groups is 1. The molecule has 3 N–H and O–H groups in total. The van der Waals surface area contributed by atoms with E-state index in [1.165, 1.54) is 4.88 Å². The maximum Gasteiger partial charge on any atom is 0.318 e. The number of nitrogens with one attached hydrogen (secondary N) is 3. The van der Waals surface area contributed by atoms with Gasteiger partial charge in [-0.25, -0.2) is 4.79 Å². The van der Waals surface area contributed by atoms with Crippen molar-refractivity contribution in [3.05, 3.63) is 46.7 Å². The summed E-state index contributed by atoms with van der Waals surface area (Å²) < 4.78 is 0. The van der Waals surface area contributed by atoms with Gasteiger partial charge in [-0.3, -0.25) is 0 Å². The van der Waals surface area contributed by atoms with Crippen molar-refractivity contribution in [1.82, 2.24) is 5.32 Å². The average Bonchev–Trinajstić information content (AvgIpc) is 2.91. The van der Waals surface area contributed by atoms with Crippen molar-refractivity contribution in [2.24, 2.45) is 0 Å². The van der Waals surface area contributed by atoms with Gasteiger partial charge in [0.15, 0.2) is 0 Å². The molecule has 2 amide bonds. The molecule has 5 heteroatoms. The Bertz CT molecular complexity index is 493. The van der Waals surface area contributed by atoms with E-state index in [2.05, 4.69) is 27.4 Å². The molecule has 0 aliphatic heterocycles. The van der Waals surface area contributed by atoms with E-state index in [9.17, 15) is 4.79 Å². The SMILES string of the molecule is CNC(=O)Nc1ccc(NCc2cccs2)cc1. The third-order valence-electron chi connectivity index (χ3n) is 2.42. The van der Waals surface area contributed by atoms with Crippen LogP contribution in [0.5, 0.6) is 0 Å². The Morgan fingerprint density at radius 1 is 1.17 bits per heavy atom. The van der Waals surface area contributed by atoms with Crippen molar-refractivity contribution in [2.45, 2.75) is 6.54 Å². The number of thiophene rings is 1. The highest BCUT2D eigenvalue weighted by atomic mass is 32.1. The predicted octanol–water partition coefficient (Wildman–Crippen LogP) is 3.11. The molecule has 18 heavy (non-hydrogen) atoms. The lowest BCUT2D eigenvalue weighted by molar-refractivity contribution is 0.254. The molecule has 2 aromatic rings. The van der Waals surface area contributed by atoms with Crippen LogP contribution in [-0.4, -0.2) is 13.1 Å². The molecule has 94 valence electrons. The summed E-state index contributed by atoms with van der Waals surface area (Å²) in [6, 6.07) is 11.5. The quantitative estimate of drug-likeness (QED) is 0.792. The summed E-state index contributed by atoms with van der Waals surface area (Å²) in [7, 11) is 1.59. The fraction of sp³-hybridized carbons (Fsp3) is 0.154. The van der Waals surface area contributed by atoms with Crippen molar-refractivity contribution in [2.75, 3.05) is 17.7 Å². The monoisotopic (exact) mass is 261 g/mol. The fourth-order valence-electron chi connectivity index (χ4n) is 1.47. The second kappa shape index (κ2) is 6.07. The maximum absolute atomic E-state index is 11.1. The zero-order chi connectivity index (χ0) is 12.8. The number of carbonyl (C=O) groups is 1. The highest BCUT2D eigenvalue weighted by Gasteiger charge is 1.99. The largest absolute Gasteiger partial charge is 0.380 e. The van der Waals surface area contributed by atoms with Crippen molar-refractivity contribution in [3.63, 3.8) is 0 Å². The molecule has 1 aromatic carbocycles. The minimum absolute atomic E-state index is 0.214. The molecular formula is C13H15N3OS. The molecule has 0 saturated heterocycles. The van der Waals surface area contributed by atoms with Crippen LogP contribution in [0.25, 0.3) is 0 Å². The second-order valence-corrected chi connectivity index (χ2v) is 4.75. The molecule has 0 aliphatic carbocycles. The van der Waals surface area contributed by atoms with Gasteiger partial charge in [0, 0.05) is 29.8 Å². The van der Waals surface area contributed by atoms with E-state index in [-0.39, 0.29) is 6.03 Å². The first-order chi connectivity index (χ1) is 8.78. The van der Waals surface area contributed by atoms with Gasteiger partial charge < -0.3 is 16.0 Å². The lowest BCUT2D eigenvalue weighted by atomic mass is 10.3. The molecule has 1 heterocycles. The van der Waals surface area contributed by atoms with Crippen LogP contribution >= 0.6 is 11.3 Å².